The minimum absolute atomic E-state index is 0.0837. The predicted molar refractivity (Wildman–Crippen MR) is 62.5 cm³/mol. The molecule has 0 unspecified atom stereocenters. The van der Waals surface area contributed by atoms with E-state index in [1.54, 1.807) is 0 Å². The van der Waals surface area contributed by atoms with E-state index in [-0.39, 0.29) is 11.5 Å². The number of aliphatic hydroxyl groups is 1. The van der Waals surface area contributed by atoms with Crippen LogP contribution in [-0.4, -0.2) is 5.11 Å². The van der Waals surface area contributed by atoms with Gasteiger partial charge in [0, 0.05) is 5.41 Å². The van der Waals surface area contributed by atoms with Gasteiger partial charge in [-0.2, -0.15) is 0 Å². The normalized spacial score (nSPS) is 27.6. The maximum Gasteiger partial charge on any atom is 0.0877 e. The summed E-state index contributed by atoms with van der Waals surface area (Å²) in [6.45, 7) is 2.14. The van der Waals surface area contributed by atoms with E-state index < -0.39 is 0 Å². The summed E-state index contributed by atoms with van der Waals surface area (Å²) in [6, 6.07) is 9.94. The molecular weight excluding hydrogens is 184 g/mol. The molecule has 1 aliphatic rings. The molecule has 1 N–H and O–H groups in total. The molecule has 0 spiro atoms. The van der Waals surface area contributed by atoms with Gasteiger partial charge in [0.2, 0.25) is 0 Å². The van der Waals surface area contributed by atoms with Crippen LogP contribution in [0.25, 0.3) is 0 Å². The van der Waals surface area contributed by atoms with E-state index in [0.717, 1.165) is 18.4 Å². The second-order valence-electron chi connectivity index (χ2n) is 4.61. The molecule has 1 aromatic carbocycles. The van der Waals surface area contributed by atoms with Gasteiger partial charge in [0.15, 0.2) is 0 Å². The highest BCUT2D eigenvalue weighted by atomic mass is 16.3. The van der Waals surface area contributed by atoms with Crippen LogP contribution in [0.15, 0.2) is 42.5 Å². The lowest BCUT2D eigenvalue weighted by atomic mass is 9.74. The Hall–Kier alpha value is -1.08. The highest BCUT2D eigenvalue weighted by Gasteiger charge is 2.32. The SMILES string of the molecule is C[C@]1([C@H](O)c2ccccc2)C=CCCC1. The van der Waals surface area contributed by atoms with Crippen molar-refractivity contribution in [2.24, 2.45) is 5.41 Å². The largest absolute Gasteiger partial charge is 0.388 e. The maximum absolute atomic E-state index is 10.4. The van der Waals surface area contributed by atoms with Crippen molar-refractivity contribution in [3.8, 4) is 0 Å². The van der Waals surface area contributed by atoms with Crippen LogP contribution < -0.4 is 0 Å². The van der Waals surface area contributed by atoms with Crippen LogP contribution in [0.2, 0.25) is 0 Å². The molecule has 1 nitrogen and oxygen atoms in total. The van der Waals surface area contributed by atoms with Crippen LogP contribution in [-0.2, 0) is 0 Å². The summed E-state index contributed by atoms with van der Waals surface area (Å²) >= 11 is 0. The lowest BCUT2D eigenvalue weighted by molar-refractivity contribution is 0.0594. The van der Waals surface area contributed by atoms with Crippen molar-refractivity contribution in [1.82, 2.24) is 0 Å². The Labute approximate surface area is 91.4 Å². The Morgan fingerprint density at radius 2 is 2.00 bits per heavy atom. The van der Waals surface area contributed by atoms with Crippen LogP contribution in [0, 0.1) is 5.41 Å². The van der Waals surface area contributed by atoms with Crippen molar-refractivity contribution >= 4 is 0 Å². The zero-order valence-electron chi connectivity index (χ0n) is 9.19. The molecule has 0 amide bonds. The minimum atomic E-state index is -0.379. The molecule has 0 saturated heterocycles. The van der Waals surface area contributed by atoms with Gasteiger partial charge in [0.1, 0.15) is 0 Å². The predicted octanol–water partition coefficient (Wildman–Crippen LogP) is 3.47. The van der Waals surface area contributed by atoms with Crippen molar-refractivity contribution in [1.29, 1.82) is 0 Å². The molecule has 0 radical (unpaired) electrons. The van der Waals surface area contributed by atoms with Gasteiger partial charge >= 0.3 is 0 Å². The fourth-order valence-electron chi connectivity index (χ4n) is 2.28. The Balaban J connectivity index is 2.23. The van der Waals surface area contributed by atoms with Gasteiger partial charge < -0.3 is 5.11 Å². The van der Waals surface area contributed by atoms with E-state index in [1.807, 2.05) is 30.3 Å². The van der Waals surface area contributed by atoms with E-state index in [4.69, 9.17) is 0 Å². The summed E-state index contributed by atoms with van der Waals surface area (Å²) in [4.78, 5) is 0. The summed E-state index contributed by atoms with van der Waals surface area (Å²) in [6.07, 6.45) is 7.38. The average molecular weight is 202 g/mol. The first-order valence-corrected chi connectivity index (χ1v) is 5.63. The molecule has 0 aromatic heterocycles. The van der Waals surface area contributed by atoms with Gasteiger partial charge in [-0.1, -0.05) is 49.4 Å². The first-order valence-electron chi connectivity index (χ1n) is 5.63. The second kappa shape index (κ2) is 4.19. The van der Waals surface area contributed by atoms with Gasteiger partial charge in [-0.15, -0.1) is 0 Å². The van der Waals surface area contributed by atoms with Crippen molar-refractivity contribution in [3.05, 3.63) is 48.0 Å². The molecule has 1 aromatic rings. The molecule has 1 aliphatic carbocycles. The van der Waals surface area contributed by atoms with Gasteiger partial charge in [0.05, 0.1) is 6.10 Å². The summed E-state index contributed by atoms with van der Waals surface area (Å²) in [5.41, 5.74) is 0.936. The van der Waals surface area contributed by atoms with E-state index >= 15 is 0 Å². The third-order valence-corrected chi connectivity index (χ3v) is 3.32. The molecule has 1 heteroatoms. The van der Waals surface area contributed by atoms with E-state index in [0.29, 0.717) is 0 Å². The number of hydrogen-bond donors (Lipinski definition) is 1. The topological polar surface area (TPSA) is 20.2 Å². The number of rotatable bonds is 2. The minimum Gasteiger partial charge on any atom is -0.388 e. The fraction of sp³-hybridized carbons (Fsp3) is 0.429. The lowest BCUT2D eigenvalue weighted by Gasteiger charge is -2.34. The molecule has 0 bridgehead atoms. The smallest absolute Gasteiger partial charge is 0.0877 e. The summed E-state index contributed by atoms with van der Waals surface area (Å²) in [7, 11) is 0. The maximum atomic E-state index is 10.4. The van der Waals surface area contributed by atoms with Crippen molar-refractivity contribution in [3.63, 3.8) is 0 Å². The number of hydrogen-bond acceptors (Lipinski definition) is 1. The standard InChI is InChI=1S/C14H18O/c1-14(10-6-3-7-11-14)13(15)12-8-4-2-5-9-12/h2,4-6,8-10,13,15H,3,7,11H2,1H3/t13-,14+/m1/s1. The van der Waals surface area contributed by atoms with Gasteiger partial charge in [-0.25, -0.2) is 0 Å². The third-order valence-electron chi connectivity index (χ3n) is 3.32. The summed E-state index contributed by atoms with van der Waals surface area (Å²) in [5.74, 6) is 0. The van der Waals surface area contributed by atoms with E-state index in [1.165, 1.54) is 6.42 Å². The van der Waals surface area contributed by atoms with Gasteiger partial charge in [-0.05, 0) is 24.8 Å². The van der Waals surface area contributed by atoms with Crippen molar-refractivity contribution < 1.29 is 5.11 Å². The third kappa shape index (κ3) is 2.13. The highest BCUT2D eigenvalue weighted by Crippen LogP contribution is 2.41. The molecule has 0 heterocycles. The first kappa shape index (κ1) is 10.4. The molecule has 2 atom stereocenters. The molecule has 80 valence electrons. The molecular formula is C14H18O. The molecule has 2 rings (SSSR count). The Bertz CT molecular complexity index is 342. The van der Waals surface area contributed by atoms with Crippen LogP contribution in [0.5, 0.6) is 0 Å². The first-order chi connectivity index (χ1) is 7.22. The zero-order chi connectivity index (χ0) is 10.7. The lowest BCUT2D eigenvalue weighted by Crippen LogP contribution is -2.25. The quantitative estimate of drug-likeness (QED) is 0.728. The Kier molecular flexibility index (Phi) is 2.92. The van der Waals surface area contributed by atoms with Crippen LogP contribution >= 0.6 is 0 Å². The average Bonchev–Trinajstić information content (AvgIpc) is 2.30. The highest BCUT2D eigenvalue weighted by molar-refractivity contribution is 5.22. The van der Waals surface area contributed by atoms with Crippen molar-refractivity contribution in [2.45, 2.75) is 32.3 Å². The van der Waals surface area contributed by atoms with Gasteiger partial charge in [0.25, 0.3) is 0 Å². The summed E-state index contributed by atoms with van der Waals surface area (Å²) < 4.78 is 0. The molecule has 0 saturated carbocycles. The van der Waals surface area contributed by atoms with Crippen molar-refractivity contribution in [2.75, 3.05) is 0 Å². The molecule has 0 aliphatic heterocycles. The summed E-state index contributed by atoms with van der Waals surface area (Å²) in [5, 5.41) is 10.4. The fourth-order valence-corrected chi connectivity index (χ4v) is 2.28. The van der Waals surface area contributed by atoms with Crippen LogP contribution in [0.4, 0.5) is 0 Å². The van der Waals surface area contributed by atoms with Gasteiger partial charge in [-0.3, -0.25) is 0 Å². The molecule has 0 fully saturated rings. The number of allylic oxidation sites excluding steroid dienone is 1. The monoisotopic (exact) mass is 202 g/mol. The second-order valence-corrected chi connectivity index (χ2v) is 4.61. The Morgan fingerprint density at radius 1 is 1.27 bits per heavy atom. The zero-order valence-corrected chi connectivity index (χ0v) is 9.19. The van der Waals surface area contributed by atoms with Crippen LogP contribution in [0.3, 0.4) is 0 Å². The van der Waals surface area contributed by atoms with E-state index in [2.05, 4.69) is 19.1 Å². The van der Waals surface area contributed by atoms with Crippen LogP contribution in [0.1, 0.15) is 37.9 Å². The number of benzene rings is 1. The number of aliphatic hydroxyl groups excluding tert-OH is 1. The Morgan fingerprint density at radius 3 is 2.60 bits per heavy atom. The van der Waals surface area contributed by atoms with E-state index in [9.17, 15) is 5.11 Å². The molecule has 15 heavy (non-hydrogen) atoms.